The number of ether oxygens (including phenoxy) is 1. The first-order valence-corrected chi connectivity index (χ1v) is 13.6. The molecule has 1 unspecified atom stereocenters. The van der Waals surface area contributed by atoms with Crippen LogP contribution in [0.4, 0.5) is 17.6 Å². The molecule has 3 aromatic heterocycles. The van der Waals surface area contributed by atoms with E-state index in [-0.39, 0.29) is 6.04 Å². The van der Waals surface area contributed by atoms with Gasteiger partial charge in [0.05, 0.1) is 24.9 Å². The Labute approximate surface area is 227 Å². The van der Waals surface area contributed by atoms with E-state index in [9.17, 15) is 0 Å². The minimum atomic E-state index is 0.280. The number of H-pyrrole nitrogens is 1. The fraction of sp³-hybridized carbons (Fsp3) is 0.414. The van der Waals surface area contributed by atoms with Gasteiger partial charge >= 0.3 is 0 Å². The SMILES string of the molecule is COc1cncc(-c2ccc3c(Nc4cc(C)[nH]n4)nc(NC4C[C@H]5CCC[C@@H](C4)N5CCC#N)nc3c2)c1. The Morgan fingerprint density at radius 3 is 2.69 bits per heavy atom. The van der Waals surface area contributed by atoms with Gasteiger partial charge < -0.3 is 15.4 Å². The monoisotopic (exact) mass is 523 g/mol. The van der Waals surface area contributed by atoms with Crippen LogP contribution < -0.4 is 15.4 Å². The predicted molar refractivity (Wildman–Crippen MR) is 151 cm³/mol. The minimum Gasteiger partial charge on any atom is -0.495 e. The standard InChI is InChI=1S/C29H33N9O/c1-18-11-27(37-36-18)34-28-25-8-7-19(20-12-24(39-2)17-31-16-20)13-26(25)33-29(35-28)32-21-14-22-5-3-6-23(15-21)38(22)10-4-9-30/h7-8,11-13,16-17,21-23H,3-6,10,14-15H2,1-2H3,(H3,32,33,34,35,36,37)/t21?,22-,23+. The largest absolute Gasteiger partial charge is 0.495 e. The number of nitrogens with one attached hydrogen (secondary N) is 3. The maximum absolute atomic E-state index is 9.12. The Bertz CT molecular complexity index is 1500. The van der Waals surface area contributed by atoms with Gasteiger partial charge in [-0.3, -0.25) is 15.0 Å². The van der Waals surface area contributed by atoms with Crippen LogP contribution in [-0.2, 0) is 0 Å². The molecular weight excluding hydrogens is 490 g/mol. The molecule has 4 aromatic rings. The molecular formula is C29H33N9O. The maximum atomic E-state index is 9.12. The first-order chi connectivity index (χ1) is 19.1. The van der Waals surface area contributed by atoms with Crippen molar-refractivity contribution in [3.8, 4) is 22.9 Å². The number of aryl methyl sites for hydroxylation is 1. The summed E-state index contributed by atoms with van der Waals surface area (Å²) in [6.07, 6.45) is 9.80. The lowest BCUT2D eigenvalue weighted by Crippen LogP contribution is -2.55. The fourth-order valence-electron chi connectivity index (χ4n) is 6.08. The Kier molecular flexibility index (Phi) is 6.99. The van der Waals surface area contributed by atoms with E-state index >= 15 is 0 Å². The van der Waals surface area contributed by atoms with Crippen molar-refractivity contribution in [1.29, 1.82) is 5.26 Å². The van der Waals surface area contributed by atoms with Crippen LogP contribution in [0.1, 0.15) is 44.2 Å². The number of methoxy groups -OCH3 is 1. The fourth-order valence-corrected chi connectivity index (χ4v) is 6.08. The van der Waals surface area contributed by atoms with E-state index in [1.54, 1.807) is 13.3 Å². The summed E-state index contributed by atoms with van der Waals surface area (Å²) in [6.45, 7) is 2.83. The predicted octanol–water partition coefficient (Wildman–Crippen LogP) is 5.19. The van der Waals surface area contributed by atoms with Crippen LogP contribution in [0.3, 0.4) is 0 Å². The zero-order chi connectivity index (χ0) is 26.8. The number of fused-ring (bicyclic) bond motifs is 3. The van der Waals surface area contributed by atoms with E-state index in [1.807, 2.05) is 37.4 Å². The number of benzene rings is 1. The molecule has 0 aliphatic carbocycles. The number of nitrogens with zero attached hydrogens (tertiary/aromatic N) is 6. The van der Waals surface area contributed by atoms with Crippen molar-refractivity contribution in [3.05, 3.63) is 48.4 Å². The first kappa shape index (κ1) is 25.1. The Balaban J connectivity index is 1.33. The Morgan fingerprint density at radius 1 is 1.10 bits per heavy atom. The molecule has 3 atom stereocenters. The van der Waals surface area contributed by atoms with Gasteiger partial charge in [-0.25, -0.2) is 4.98 Å². The van der Waals surface area contributed by atoms with Gasteiger partial charge in [0, 0.05) is 60.0 Å². The highest BCUT2D eigenvalue weighted by Crippen LogP contribution is 2.36. The van der Waals surface area contributed by atoms with Gasteiger partial charge in [0.1, 0.15) is 11.6 Å². The van der Waals surface area contributed by atoms with Crippen LogP contribution in [0.25, 0.3) is 22.0 Å². The van der Waals surface area contributed by atoms with Gasteiger partial charge in [-0.1, -0.05) is 12.5 Å². The molecule has 2 saturated heterocycles. The third-order valence-electron chi connectivity index (χ3n) is 7.87. The minimum absolute atomic E-state index is 0.280. The van der Waals surface area contributed by atoms with Crippen molar-refractivity contribution in [2.24, 2.45) is 0 Å². The molecule has 5 heterocycles. The number of nitriles is 1. The van der Waals surface area contributed by atoms with Crippen LogP contribution in [-0.4, -0.2) is 61.8 Å². The van der Waals surface area contributed by atoms with E-state index < -0.39 is 0 Å². The van der Waals surface area contributed by atoms with Crippen LogP contribution >= 0.6 is 0 Å². The van der Waals surface area contributed by atoms with Crippen molar-refractivity contribution >= 4 is 28.5 Å². The summed E-state index contributed by atoms with van der Waals surface area (Å²) in [5, 5.41) is 24.4. The third kappa shape index (κ3) is 5.36. The molecule has 1 aromatic carbocycles. The van der Waals surface area contributed by atoms with Crippen molar-refractivity contribution < 1.29 is 4.74 Å². The first-order valence-electron chi connectivity index (χ1n) is 13.6. The average Bonchev–Trinajstić information content (AvgIpc) is 3.35. The molecule has 200 valence electrons. The van der Waals surface area contributed by atoms with Crippen molar-refractivity contribution in [2.75, 3.05) is 24.3 Å². The van der Waals surface area contributed by atoms with E-state index in [1.165, 1.54) is 19.3 Å². The zero-order valence-corrected chi connectivity index (χ0v) is 22.3. The second-order valence-electron chi connectivity index (χ2n) is 10.5. The van der Waals surface area contributed by atoms with Crippen LogP contribution in [0.2, 0.25) is 0 Å². The molecule has 0 amide bonds. The van der Waals surface area contributed by atoms with Gasteiger partial charge in [-0.05, 0) is 56.4 Å². The lowest BCUT2D eigenvalue weighted by molar-refractivity contribution is 0.0369. The molecule has 2 aliphatic rings. The Hall–Kier alpha value is -4.23. The lowest BCUT2D eigenvalue weighted by atomic mass is 9.81. The molecule has 10 nitrogen and oxygen atoms in total. The number of aromatic nitrogens is 5. The average molecular weight is 524 g/mol. The van der Waals surface area contributed by atoms with Crippen LogP contribution in [0.15, 0.2) is 42.7 Å². The normalized spacial score (nSPS) is 20.9. The number of pyridine rings is 1. The molecule has 0 saturated carbocycles. The summed E-state index contributed by atoms with van der Waals surface area (Å²) in [7, 11) is 1.64. The summed E-state index contributed by atoms with van der Waals surface area (Å²) < 4.78 is 5.38. The van der Waals surface area contributed by atoms with Crippen molar-refractivity contribution in [1.82, 2.24) is 30.0 Å². The highest BCUT2D eigenvalue weighted by molar-refractivity contribution is 5.94. The number of anilines is 3. The number of hydrogen-bond acceptors (Lipinski definition) is 9. The summed E-state index contributed by atoms with van der Waals surface area (Å²) in [6, 6.07) is 13.7. The molecule has 0 spiro atoms. The van der Waals surface area contributed by atoms with E-state index in [0.717, 1.165) is 47.1 Å². The third-order valence-corrected chi connectivity index (χ3v) is 7.87. The molecule has 39 heavy (non-hydrogen) atoms. The van der Waals surface area contributed by atoms with Gasteiger partial charge in [-0.2, -0.15) is 15.3 Å². The maximum Gasteiger partial charge on any atom is 0.225 e. The van der Waals surface area contributed by atoms with Gasteiger partial charge in [0.25, 0.3) is 0 Å². The highest BCUT2D eigenvalue weighted by Gasteiger charge is 2.38. The topological polar surface area (TPSA) is 128 Å². The second kappa shape index (κ2) is 10.9. The summed E-state index contributed by atoms with van der Waals surface area (Å²) in [5.41, 5.74) is 3.76. The summed E-state index contributed by atoms with van der Waals surface area (Å²) in [5.74, 6) is 2.73. The number of piperidine rings is 2. The quantitative estimate of drug-likeness (QED) is 0.286. The molecule has 0 radical (unpaired) electrons. The Morgan fingerprint density at radius 2 is 1.95 bits per heavy atom. The molecule has 2 bridgehead atoms. The van der Waals surface area contributed by atoms with E-state index in [2.05, 4.69) is 42.9 Å². The van der Waals surface area contributed by atoms with Gasteiger partial charge in [0.15, 0.2) is 5.82 Å². The smallest absolute Gasteiger partial charge is 0.225 e. The van der Waals surface area contributed by atoms with Crippen LogP contribution in [0.5, 0.6) is 5.75 Å². The molecule has 2 fully saturated rings. The van der Waals surface area contributed by atoms with Crippen LogP contribution in [0, 0.1) is 18.3 Å². The second-order valence-corrected chi connectivity index (χ2v) is 10.5. The van der Waals surface area contributed by atoms with E-state index in [0.29, 0.717) is 41.8 Å². The lowest BCUT2D eigenvalue weighted by Gasteiger charge is -2.48. The summed E-state index contributed by atoms with van der Waals surface area (Å²) in [4.78, 5) is 16.8. The van der Waals surface area contributed by atoms with Crippen molar-refractivity contribution in [3.63, 3.8) is 0 Å². The summed E-state index contributed by atoms with van der Waals surface area (Å²) >= 11 is 0. The number of hydrogen-bond donors (Lipinski definition) is 3. The van der Waals surface area contributed by atoms with Gasteiger partial charge in [0.2, 0.25) is 5.95 Å². The number of rotatable bonds is 8. The zero-order valence-electron chi connectivity index (χ0n) is 22.3. The molecule has 3 N–H and O–H groups in total. The molecule has 6 rings (SSSR count). The van der Waals surface area contributed by atoms with Gasteiger partial charge in [-0.15, -0.1) is 0 Å². The molecule has 10 heteroatoms. The van der Waals surface area contributed by atoms with Crippen molar-refractivity contribution in [2.45, 2.75) is 63.6 Å². The van der Waals surface area contributed by atoms with E-state index in [4.69, 9.17) is 20.0 Å². The molecule has 2 aliphatic heterocycles. The number of aromatic amines is 1. The highest BCUT2D eigenvalue weighted by atomic mass is 16.5.